The lowest BCUT2D eigenvalue weighted by Crippen LogP contribution is -2.41. The Kier molecular flexibility index (Phi) is 4.31. The van der Waals surface area contributed by atoms with Crippen molar-refractivity contribution in [2.45, 2.75) is 18.7 Å². The highest BCUT2D eigenvalue weighted by atomic mass is 35.5. The monoisotopic (exact) mass is 329 g/mol. The van der Waals surface area contributed by atoms with E-state index < -0.39 is 15.9 Å². The zero-order valence-corrected chi connectivity index (χ0v) is 12.7. The molecule has 0 aliphatic carbocycles. The molecule has 2 rings (SSSR count). The molecule has 0 saturated carbocycles. The van der Waals surface area contributed by atoms with Crippen LogP contribution in [0.15, 0.2) is 33.7 Å². The Bertz CT molecular complexity index is 749. The van der Waals surface area contributed by atoms with Crippen LogP contribution in [-0.4, -0.2) is 19.5 Å². The predicted octanol–water partition coefficient (Wildman–Crippen LogP) is 1.57. The molecule has 0 fully saturated rings. The Morgan fingerprint density at radius 1 is 1.24 bits per heavy atom. The Morgan fingerprint density at radius 3 is 2.38 bits per heavy atom. The smallest absolute Gasteiger partial charge is 0.266 e. The molecule has 0 radical (unpaired) electrons. The summed E-state index contributed by atoms with van der Waals surface area (Å²) in [7, 11) is -3.95. The van der Waals surface area contributed by atoms with Gasteiger partial charge in [0.25, 0.3) is 15.9 Å². The summed E-state index contributed by atoms with van der Waals surface area (Å²) in [5.74, 6) is -0.470. The van der Waals surface area contributed by atoms with E-state index in [9.17, 15) is 13.2 Å². The molecule has 1 aromatic carbocycles. The van der Waals surface area contributed by atoms with Crippen LogP contribution in [0.25, 0.3) is 0 Å². The summed E-state index contributed by atoms with van der Waals surface area (Å²) >= 11 is 5.71. The van der Waals surface area contributed by atoms with Crippen LogP contribution in [0.5, 0.6) is 0 Å². The number of hydrogen-bond donors (Lipinski definition) is 2. The van der Waals surface area contributed by atoms with E-state index in [4.69, 9.17) is 16.1 Å². The van der Waals surface area contributed by atoms with Crippen LogP contribution in [0, 0.1) is 13.8 Å². The van der Waals surface area contributed by atoms with Gasteiger partial charge in [-0.05, 0) is 38.1 Å². The van der Waals surface area contributed by atoms with Gasteiger partial charge in [-0.25, -0.2) is 8.42 Å². The molecule has 2 aromatic rings. The molecule has 112 valence electrons. The highest BCUT2D eigenvalue weighted by Gasteiger charge is 2.24. The molecule has 0 aliphatic rings. The van der Waals surface area contributed by atoms with E-state index in [2.05, 4.69) is 10.6 Å². The second-order valence-corrected chi connectivity index (χ2v) is 6.28. The molecule has 0 unspecified atom stereocenters. The molecule has 0 spiro atoms. The number of hydrogen-bond acceptors (Lipinski definition) is 5. The zero-order chi connectivity index (χ0) is 15.6. The minimum atomic E-state index is -3.95. The summed E-state index contributed by atoms with van der Waals surface area (Å²) in [5, 5.41) is 4.03. The molecule has 2 N–H and O–H groups in total. The Morgan fingerprint density at radius 2 is 1.86 bits per heavy atom. The fraction of sp³-hybridized carbons (Fsp3) is 0.167. The molecule has 1 amide bonds. The van der Waals surface area contributed by atoms with Crippen molar-refractivity contribution in [3.05, 3.63) is 46.3 Å². The minimum absolute atomic E-state index is 0.0982. The van der Waals surface area contributed by atoms with Crippen LogP contribution in [-0.2, 0) is 10.0 Å². The van der Waals surface area contributed by atoms with Crippen LogP contribution in [0.3, 0.4) is 0 Å². The number of sulfonamides is 1. The van der Waals surface area contributed by atoms with Gasteiger partial charge < -0.3 is 4.52 Å². The van der Waals surface area contributed by atoms with Gasteiger partial charge >= 0.3 is 0 Å². The van der Waals surface area contributed by atoms with E-state index >= 15 is 0 Å². The summed E-state index contributed by atoms with van der Waals surface area (Å²) < 4.78 is 28.9. The maximum absolute atomic E-state index is 12.1. The summed E-state index contributed by atoms with van der Waals surface area (Å²) in [4.78, 5) is 13.7. The number of hydrazine groups is 1. The largest absolute Gasteiger partial charge is 0.360 e. The van der Waals surface area contributed by atoms with Crippen molar-refractivity contribution in [2.24, 2.45) is 0 Å². The highest BCUT2D eigenvalue weighted by Crippen LogP contribution is 2.18. The van der Waals surface area contributed by atoms with Gasteiger partial charge in [-0.2, -0.15) is 0 Å². The molecular weight excluding hydrogens is 318 g/mol. The normalized spacial score (nSPS) is 11.4. The van der Waals surface area contributed by atoms with E-state index in [1.165, 1.54) is 38.1 Å². The summed E-state index contributed by atoms with van der Waals surface area (Å²) in [6.45, 7) is 2.96. The molecular formula is C12H12ClN3O4S. The lowest BCUT2D eigenvalue weighted by atomic mass is 10.2. The van der Waals surface area contributed by atoms with Gasteiger partial charge in [0.15, 0.2) is 5.76 Å². The number of carbonyl (C=O) groups is 1. The third-order valence-electron chi connectivity index (χ3n) is 2.64. The quantitative estimate of drug-likeness (QED) is 0.829. The highest BCUT2D eigenvalue weighted by molar-refractivity contribution is 7.89. The van der Waals surface area contributed by atoms with Crippen molar-refractivity contribution in [2.75, 3.05) is 0 Å². The first kappa shape index (κ1) is 15.5. The maximum Gasteiger partial charge on any atom is 0.266 e. The number of nitrogens with one attached hydrogen (secondary N) is 2. The summed E-state index contributed by atoms with van der Waals surface area (Å²) in [6, 6.07) is 6.00. The standard InChI is InChI=1S/C12H12ClN3O4S/c1-7-11(8(2)20-15-7)21(18,19)16-14-12(17)9-3-5-10(13)6-4-9/h3-6,16H,1-2H3,(H,14,17). The van der Waals surface area contributed by atoms with Crippen LogP contribution in [0.2, 0.25) is 5.02 Å². The zero-order valence-electron chi connectivity index (χ0n) is 11.2. The van der Waals surface area contributed by atoms with Crippen molar-refractivity contribution in [1.82, 2.24) is 15.4 Å². The van der Waals surface area contributed by atoms with E-state index in [1.807, 2.05) is 4.83 Å². The Balaban J connectivity index is 2.12. The van der Waals surface area contributed by atoms with Gasteiger partial charge in [-0.1, -0.05) is 16.8 Å². The van der Waals surface area contributed by atoms with E-state index in [1.54, 1.807) is 0 Å². The molecule has 21 heavy (non-hydrogen) atoms. The second kappa shape index (κ2) is 5.84. The van der Waals surface area contributed by atoms with Crippen LogP contribution in [0.1, 0.15) is 21.8 Å². The average Bonchev–Trinajstić information content (AvgIpc) is 2.77. The third-order valence-corrected chi connectivity index (χ3v) is 4.39. The fourth-order valence-corrected chi connectivity index (χ4v) is 2.99. The van der Waals surface area contributed by atoms with Crippen molar-refractivity contribution in [3.63, 3.8) is 0 Å². The lowest BCUT2D eigenvalue weighted by Gasteiger charge is -2.08. The second-order valence-electron chi connectivity index (χ2n) is 4.22. The van der Waals surface area contributed by atoms with Gasteiger partial charge in [0, 0.05) is 10.6 Å². The Labute approximate surface area is 126 Å². The van der Waals surface area contributed by atoms with Crippen molar-refractivity contribution in [1.29, 1.82) is 0 Å². The van der Waals surface area contributed by atoms with E-state index in [-0.39, 0.29) is 21.9 Å². The first-order valence-electron chi connectivity index (χ1n) is 5.82. The maximum atomic E-state index is 12.1. The molecule has 1 heterocycles. The molecule has 0 saturated heterocycles. The van der Waals surface area contributed by atoms with Crippen LogP contribution in [0.4, 0.5) is 0 Å². The van der Waals surface area contributed by atoms with Gasteiger partial charge in [-0.3, -0.25) is 10.2 Å². The number of amides is 1. The number of halogens is 1. The summed E-state index contributed by atoms with van der Waals surface area (Å²) in [6.07, 6.45) is 0. The Hall–Kier alpha value is -1.90. The van der Waals surface area contributed by atoms with Crippen molar-refractivity contribution in [3.8, 4) is 0 Å². The number of carbonyl (C=O) groups excluding carboxylic acids is 1. The number of benzene rings is 1. The number of rotatable bonds is 4. The summed E-state index contributed by atoms with van der Waals surface area (Å²) in [5.41, 5.74) is 2.59. The molecule has 0 bridgehead atoms. The van der Waals surface area contributed by atoms with Crippen molar-refractivity contribution < 1.29 is 17.7 Å². The lowest BCUT2D eigenvalue weighted by molar-refractivity contribution is 0.0945. The third kappa shape index (κ3) is 3.41. The molecule has 0 atom stereocenters. The van der Waals surface area contributed by atoms with Gasteiger partial charge in [-0.15, -0.1) is 4.83 Å². The molecule has 7 nitrogen and oxygen atoms in total. The van der Waals surface area contributed by atoms with Gasteiger partial charge in [0.1, 0.15) is 10.6 Å². The van der Waals surface area contributed by atoms with E-state index in [0.717, 1.165) is 0 Å². The number of aromatic nitrogens is 1. The first-order chi connectivity index (χ1) is 9.81. The first-order valence-corrected chi connectivity index (χ1v) is 7.68. The predicted molar refractivity (Wildman–Crippen MR) is 75.2 cm³/mol. The fourth-order valence-electron chi connectivity index (χ4n) is 1.70. The van der Waals surface area contributed by atoms with Crippen LogP contribution < -0.4 is 10.3 Å². The number of aryl methyl sites for hydroxylation is 2. The van der Waals surface area contributed by atoms with E-state index in [0.29, 0.717) is 5.02 Å². The minimum Gasteiger partial charge on any atom is -0.360 e. The molecule has 1 aromatic heterocycles. The topological polar surface area (TPSA) is 101 Å². The molecule has 0 aliphatic heterocycles. The van der Waals surface area contributed by atoms with Gasteiger partial charge in [0.05, 0.1) is 0 Å². The van der Waals surface area contributed by atoms with Crippen molar-refractivity contribution >= 4 is 27.5 Å². The van der Waals surface area contributed by atoms with Gasteiger partial charge in [0.2, 0.25) is 0 Å². The SMILES string of the molecule is Cc1noc(C)c1S(=O)(=O)NNC(=O)c1ccc(Cl)cc1. The molecule has 9 heteroatoms. The number of nitrogens with zero attached hydrogens (tertiary/aromatic N) is 1. The van der Waals surface area contributed by atoms with Crippen LogP contribution >= 0.6 is 11.6 Å². The average molecular weight is 330 g/mol.